The van der Waals surface area contributed by atoms with Crippen molar-refractivity contribution in [2.24, 2.45) is 5.92 Å². The van der Waals surface area contributed by atoms with Crippen LogP contribution in [0.15, 0.2) is 12.4 Å². The predicted molar refractivity (Wildman–Crippen MR) is 91.4 cm³/mol. The second kappa shape index (κ2) is 7.36. The average molecular weight is 332 g/mol. The number of amides is 2. The molecule has 3 rings (SSSR count). The summed E-state index contributed by atoms with van der Waals surface area (Å²) in [6.07, 6.45) is 10.3. The summed E-state index contributed by atoms with van der Waals surface area (Å²) in [5.74, 6) is 1.26. The zero-order chi connectivity index (χ0) is 17.1. The molecule has 0 unspecified atom stereocenters. The smallest absolute Gasteiger partial charge is 0.245 e. The Morgan fingerprint density at radius 1 is 1.25 bits per heavy atom. The van der Waals surface area contributed by atoms with E-state index in [4.69, 9.17) is 0 Å². The molecule has 1 saturated heterocycles. The van der Waals surface area contributed by atoms with E-state index in [9.17, 15) is 9.59 Å². The van der Waals surface area contributed by atoms with Crippen molar-refractivity contribution >= 4 is 11.8 Å². The molecule has 2 heterocycles. The van der Waals surface area contributed by atoms with Crippen molar-refractivity contribution in [3.05, 3.63) is 18.2 Å². The van der Waals surface area contributed by atoms with Crippen LogP contribution in [0.5, 0.6) is 0 Å². The first-order valence-electron chi connectivity index (χ1n) is 9.11. The van der Waals surface area contributed by atoms with E-state index in [1.54, 1.807) is 0 Å². The Hall–Kier alpha value is -1.85. The molecule has 1 aromatic rings. The number of carbonyl (C=O) groups excluding carboxylic acids is 2. The van der Waals surface area contributed by atoms with E-state index in [-0.39, 0.29) is 29.8 Å². The number of aryl methyl sites for hydroxylation is 1. The van der Waals surface area contributed by atoms with E-state index in [1.807, 2.05) is 24.2 Å². The number of imidazole rings is 1. The molecule has 2 fully saturated rings. The first kappa shape index (κ1) is 17.0. The highest BCUT2D eigenvalue weighted by Crippen LogP contribution is 2.30. The van der Waals surface area contributed by atoms with Gasteiger partial charge in [-0.2, -0.15) is 0 Å². The standard InChI is InChI=1S/C18H28N4O2/c1-13-19-9-11-22(13)16-8-5-10-21(12-16)18(24)17(20-14(2)23)15-6-3-4-7-15/h9,11,15-17H,3-8,10,12H2,1-2H3,(H,20,23)/t16-,17-/m0/s1. The van der Waals surface area contributed by atoms with Crippen LogP contribution < -0.4 is 5.32 Å². The van der Waals surface area contributed by atoms with Gasteiger partial charge in [0, 0.05) is 32.4 Å². The van der Waals surface area contributed by atoms with Gasteiger partial charge in [0.05, 0.1) is 6.04 Å². The van der Waals surface area contributed by atoms with Gasteiger partial charge in [-0.15, -0.1) is 0 Å². The Bertz CT molecular complexity index is 592. The lowest BCUT2D eigenvalue weighted by molar-refractivity contribution is -0.139. The summed E-state index contributed by atoms with van der Waals surface area (Å²) < 4.78 is 2.17. The van der Waals surface area contributed by atoms with Crippen molar-refractivity contribution < 1.29 is 9.59 Å². The third-order valence-electron chi connectivity index (χ3n) is 5.46. The summed E-state index contributed by atoms with van der Waals surface area (Å²) in [6, 6.07) is -0.0700. The number of nitrogens with one attached hydrogen (secondary N) is 1. The second-order valence-electron chi connectivity index (χ2n) is 7.18. The van der Waals surface area contributed by atoms with E-state index in [0.717, 1.165) is 50.9 Å². The zero-order valence-corrected chi connectivity index (χ0v) is 14.7. The summed E-state index contributed by atoms with van der Waals surface area (Å²) in [5, 5.41) is 2.93. The molecule has 2 atom stereocenters. The van der Waals surface area contributed by atoms with Crippen LogP contribution >= 0.6 is 0 Å². The van der Waals surface area contributed by atoms with Crippen molar-refractivity contribution in [1.29, 1.82) is 0 Å². The SMILES string of the molecule is CC(=O)N[C@H](C(=O)N1CCC[C@H](n2ccnc2C)C1)C1CCCC1. The Kier molecular flexibility index (Phi) is 5.21. The van der Waals surface area contributed by atoms with Crippen LogP contribution in [0.1, 0.15) is 57.3 Å². The molecule has 6 heteroatoms. The van der Waals surface area contributed by atoms with Crippen molar-refractivity contribution in [3.63, 3.8) is 0 Å². The molecular weight excluding hydrogens is 304 g/mol. The molecule has 1 aliphatic carbocycles. The number of hydrogen-bond donors (Lipinski definition) is 1. The molecule has 132 valence electrons. The monoisotopic (exact) mass is 332 g/mol. The van der Waals surface area contributed by atoms with Gasteiger partial charge in [-0.1, -0.05) is 12.8 Å². The maximum absolute atomic E-state index is 13.1. The van der Waals surface area contributed by atoms with Crippen LogP contribution in [0.25, 0.3) is 0 Å². The number of hydrogen-bond acceptors (Lipinski definition) is 3. The molecule has 1 aliphatic heterocycles. The Labute approximate surface area is 143 Å². The second-order valence-corrected chi connectivity index (χ2v) is 7.18. The number of nitrogens with zero attached hydrogens (tertiary/aromatic N) is 3. The maximum Gasteiger partial charge on any atom is 0.245 e. The number of likely N-dealkylation sites (tertiary alicyclic amines) is 1. The molecule has 6 nitrogen and oxygen atoms in total. The van der Waals surface area contributed by atoms with Crippen molar-refractivity contribution in [2.75, 3.05) is 13.1 Å². The van der Waals surface area contributed by atoms with E-state index in [0.29, 0.717) is 6.54 Å². The van der Waals surface area contributed by atoms with Crippen molar-refractivity contribution in [1.82, 2.24) is 19.8 Å². The zero-order valence-electron chi connectivity index (χ0n) is 14.7. The normalized spacial score (nSPS) is 23.2. The van der Waals surface area contributed by atoms with Crippen LogP contribution in [0.2, 0.25) is 0 Å². The highest BCUT2D eigenvalue weighted by Gasteiger charge is 2.36. The van der Waals surface area contributed by atoms with Gasteiger partial charge < -0.3 is 14.8 Å². The molecular formula is C18H28N4O2. The summed E-state index contributed by atoms with van der Waals surface area (Å²) in [7, 11) is 0. The fraction of sp³-hybridized carbons (Fsp3) is 0.722. The quantitative estimate of drug-likeness (QED) is 0.917. The fourth-order valence-corrected chi connectivity index (χ4v) is 4.24. The van der Waals surface area contributed by atoms with Crippen LogP contribution in [0.3, 0.4) is 0 Å². The molecule has 1 saturated carbocycles. The first-order valence-corrected chi connectivity index (χ1v) is 9.11. The van der Waals surface area contributed by atoms with E-state index >= 15 is 0 Å². The van der Waals surface area contributed by atoms with Gasteiger partial charge in [0.15, 0.2) is 0 Å². The minimum absolute atomic E-state index is 0.0968. The lowest BCUT2D eigenvalue weighted by Gasteiger charge is -2.37. The molecule has 0 radical (unpaired) electrons. The summed E-state index contributed by atoms with van der Waals surface area (Å²) in [5.41, 5.74) is 0. The van der Waals surface area contributed by atoms with Gasteiger partial charge in [0.25, 0.3) is 0 Å². The van der Waals surface area contributed by atoms with Crippen molar-refractivity contribution in [2.45, 2.75) is 64.5 Å². The summed E-state index contributed by atoms with van der Waals surface area (Å²) in [4.78, 5) is 31.0. The minimum Gasteiger partial charge on any atom is -0.344 e. The Morgan fingerprint density at radius 3 is 2.62 bits per heavy atom. The molecule has 1 aromatic heterocycles. The van der Waals surface area contributed by atoms with Gasteiger partial charge >= 0.3 is 0 Å². The lowest BCUT2D eigenvalue weighted by Crippen LogP contribution is -2.53. The summed E-state index contributed by atoms with van der Waals surface area (Å²) in [6.45, 7) is 4.99. The van der Waals surface area contributed by atoms with Gasteiger partial charge in [-0.3, -0.25) is 9.59 Å². The molecule has 2 aliphatic rings. The molecule has 0 bridgehead atoms. The minimum atomic E-state index is -0.354. The third-order valence-corrected chi connectivity index (χ3v) is 5.46. The predicted octanol–water partition coefficient (Wildman–Crippen LogP) is 2.05. The van der Waals surface area contributed by atoms with Crippen molar-refractivity contribution in [3.8, 4) is 0 Å². The van der Waals surface area contributed by atoms with Crippen LogP contribution in [-0.4, -0.2) is 45.4 Å². The molecule has 24 heavy (non-hydrogen) atoms. The molecule has 1 N–H and O–H groups in total. The number of piperidine rings is 1. The number of carbonyl (C=O) groups is 2. The van der Waals surface area contributed by atoms with E-state index < -0.39 is 0 Å². The Morgan fingerprint density at radius 2 is 2.00 bits per heavy atom. The van der Waals surface area contributed by atoms with Crippen LogP contribution in [0.4, 0.5) is 0 Å². The summed E-state index contributed by atoms with van der Waals surface area (Å²) >= 11 is 0. The van der Waals surface area contributed by atoms with Gasteiger partial charge in [-0.25, -0.2) is 4.98 Å². The first-order chi connectivity index (χ1) is 11.6. The van der Waals surface area contributed by atoms with Crippen LogP contribution in [-0.2, 0) is 9.59 Å². The number of rotatable bonds is 4. The van der Waals surface area contributed by atoms with Gasteiger partial charge in [0.1, 0.15) is 11.9 Å². The molecule has 2 amide bonds. The third kappa shape index (κ3) is 3.62. The highest BCUT2D eigenvalue weighted by atomic mass is 16.2. The van der Waals surface area contributed by atoms with Crippen LogP contribution in [0, 0.1) is 12.8 Å². The fourth-order valence-electron chi connectivity index (χ4n) is 4.24. The molecule has 0 spiro atoms. The van der Waals surface area contributed by atoms with E-state index in [1.165, 1.54) is 6.92 Å². The topological polar surface area (TPSA) is 67.2 Å². The largest absolute Gasteiger partial charge is 0.344 e. The Balaban J connectivity index is 1.71. The lowest BCUT2D eigenvalue weighted by atomic mass is 9.95. The van der Waals surface area contributed by atoms with Gasteiger partial charge in [0.2, 0.25) is 11.8 Å². The van der Waals surface area contributed by atoms with E-state index in [2.05, 4.69) is 14.9 Å². The van der Waals surface area contributed by atoms with Gasteiger partial charge in [-0.05, 0) is 38.5 Å². The maximum atomic E-state index is 13.1. The molecule has 0 aromatic carbocycles. The highest BCUT2D eigenvalue weighted by molar-refractivity contribution is 5.87. The average Bonchev–Trinajstić information content (AvgIpc) is 3.23. The number of aromatic nitrogens is 2.